The SMILES string of the molecule is CC(Cc1ccco1)Nc1ccc2c(c1)C(=O)N(C)C2=O. The normalized spacial score (nSPS) is 15.2. The maximum Gasteiger partial charge on any atom is 0.261 e. The van der Waals surface area contributed by atoms with Gasteiger partial charge in [0.15, 0.2) is 0 Å². The van der Waals surface area contributed by atoms with E-state index in [4.69, 9.17) is 4.42 Å². The molecule has 2 amide bonds. The second kappa shape index (κ2) is 5.09. The van der Waals surface area contributed by atoms with Crippen molar-refractivity contribution in [2.24, 2.45) is 0 Å². The Balaban J connectivity index is 1.76. The van der Waals surface area contributed by atoms with Crippen LogP contribution in [0.4, 0.5) is 5.69 Å². The van der Waals surface area contributed by atoms with Crippen LogP contribution in [0.2, 0.25) is 0 Å². The predicted octanol–water partition coefficient (Wildman–Crippen LogP) is 2.55. The minimum atomic E-state index is -0.252. The Kier molecular flexibility index (Phi) is 3.25. The van der Waals surface area contributed by atoms with E-state index >= 15 is 0 Å². The van der Waals surface area contributed by atoms with Gasteiger partial charge in [-0.2, -0.15) is 0 Å². The third-order valence-corrected chi connectivity index (χ3v) is 3.59. The third kappa shape index (κ3) is 2.42. The van der Waals surface area contributed by atoms with E-state index in [1.165, 1.54) is 7.05 Å². The smallest absolute Gasteiger partial charge is 0.261 e. The summed E-state index contributed by atoms with van der Waals surface area (Å²) in [5.74, 6) is 0.407. The highest BCUT2D eigenvalue weighted by Gasteiger charge is 2.32. The molecule has 1 aromatic heterocycles. The van der Waals surface area contributed by atoms with E-state index in [0.717, 1.165) is 22.8 Å². The summed E-state index contributed by atoms with van der Waals surface area (Å²) in [7, 11) is 1.50. The maximum atomic E-state index is 12.0. The van der Waals surface area contributed by atoms with Crippen LogP contribution in [-0.4, -0.2) is 29.8 Å². The van der Waals surface area contributed by atoms with Crippen LogP contribution in [0.1, 0.15) is 33.4 Å². The Labute approximate surface area is 122 Å². The number of fused-ring (bicyclic) bond motifs is 1. The van der Waals surface area contributed by atoms with Gasteiger partial charge < -0.3 is 9.73 Å². The van der Waals surface area contributed by atoms with Crippen LogP contribution in [-0.2, 0) is 6.42 Å². The summed E-state index contributed by atoms with van der Waals surface area (Å²) >= 11 is 0. The molecule has 1 aromatic carbocycles. The van der Waals surface area contributed by atoms with Crippen LogP contribution >= 0.6 is 0 Å². The first kappa shape index (κ1) is 13.4. The van der Waals surface area contributed by atoms with Crippen molar-refractivity contribution >= 4 is 17.5 Å². The van der Waals surface area contributed by atoms with Gasteiger partial charge in [0.2, 0.25) is 0 Å². The third-order valence-electron chi connectivity index (χ3n) is 3.59. The van der Waals surface area contributed by atoms with E-state index in [9.17, 15) is 9.59 Å². The first-order valence-corrected chi connectivity index (χ1v) is 6.81. The van der Waals surface area contributed by atoms with Crippen LogP contribution < -0.4 is 5.32 Å². The minimum absolute atomic E-state index is 0.152. The predicted molar refractivity (Wildman–Crippen MR) is 78.4 cm³/mol. The van der Waals surface area contributed by atoms with Gasteiger partial charge >= 0.3 is 0 Å². The molecule has 2 aromatic rings. The second-order valence-corrected chi connectivity index (χ2v) is 5.26. The van der Waals surface area contributed by atoms with E-state index in [1.807, 2.05) is 25.1 Å². The monoisotopic (exact) mass is 284 g/mol. The largest absolute Gasteiger partial charge is 0.469 e. The number of carbonyl (C=O) groups excluding carboxylic acids is 2. The van der Waals surface area contributed by atoms with Crippen LogP contribution in [0.3, 0.4) is 0 Å². The van der Waals surface area contributed by atoms with Crippen molar-refractivity contribution < 1.29 is 14.0 Å². The molecule has 108 valence electrons. The lowest BCUT2D eigenvalue weighted by Gasteiger charge is -2.14. The van der Waals surface area contributed by atoms with Crippen molar-refractivity contribution in [2.75, 3.05) is 12.4 Å². The number of nitrogens with one attached hydrogen (secondary N) is 1. The fourth-order valence-electron chi connectivity index (χ4n) is 2.52. The average Bonchev–Trinajstić information content (AvgIpc) is 3.03. The van der Waals surface area contributed by atoms with Gasteiger partial charge in [0.25, 0.3) is 11.8 Å². The van der Waals surface area contributed by atoms with Gasteiger partial charge in [0.1, 0.15) is 5.76 Å². The molecule has 0 aliphatic carbocycles. The summed E-state index contributed by atoms with van der Waals surface area (Å²) in [4.78, 5) is 24.9. The zero-order valence-corrected chi connectivity index (χ0v) is 11.9. The summed E-state index contributed by atoms with van der Waals surface area (Å²) in [5.41, 5.74) is 1.74. The molecule has 5 heteroatoms. The number of benzene rings is 1. The fourth-order valence-corrected chi connectivity index (χ4v) is 2.52. The van der Waals surface area contributed by atoms with Crippen molar-refractivity contribution in [3.63, 3.8) is 0 Å². The molecule has 21 heavy (non-hydrogen) atoms. The number of imide groups is 1. The maximum absolute atomic E-state index is 12.0. The summed E-state index contributed by atoms with van der Waals surface area (Å²) in [6.07, 6.45) is 2.40. The molecule has 1 aliphatic rings. The number of hydrogen-bond donors (Lipinski definition) is 1. The highest BCUT2D eigenvalue weighted by atomic mass is 16.3. The molecular formula is C16H16N2O3. The molecule has 3 rings (SSSR count). The molecule has 1 unspecified atom stereocenters. The van der Waals surface area contributed by atoms with Crippen LogP contribution in [0.25, 0.3) is 0 Å². The van der Waals surface area contributed by atoms with Crippen LogP contribution in [0, 0.1) is 0 Å². The Morgan fingerprint density at radius 3 is 2.67 bits per heavy atom. The zero-order chi connectivity index (χ0) is 15.0. The van der Waals surface area contributed by atoms with Crippen molar-refractivity contribution in [2.45, 2.75) is 19.4 Å². The Morgan fingerprint density at radius 2 is 1.95 bits per heavy atom. The molecule has 0 radical (unpaired) electrons. The Morgan fingerprint density at radius 1 is 1.19 bits per heavy atom. The first-order chi connectivity index (χ1) is 10.1. The molecule has 5 nitrogen and oxygen atoms in total. The molecule has 1 N–H and O–H groups in total. The van der Waals surface area contributed by atoms with E-state index in [1.54, 1.807) is 18.4 Å². The second-order valence-electron chi connectivity index (χ2n) is 5.26. The first-order valence-electron chi connectivity index (χ1n) is 6.81. The standard InChI is InChI=1S/C16H16N2O3/c1-10(8-12-4-3-7-21-12)17-11-5-6-13-14(9-11)16(20)18(2)15(13)19/h3-7,9-10,17H,8H2,1-2H3. The van der Waals surface area contributed by atoms with E-state index in [0.29, 0.717) is 11.1 Å². The Hall–Kier alpha value is -2.56. The average molecular weight is 284 g/mol. The van der Waals surface area contributed by atoms with E-state index in [2.05, 4.69) is 5.32 Å². The molecular weight excluding hydrogens is 268 g/mol. The van der Waals surface area contributed by atoms with Crippen LogP contribution in [0.5, 0.6) is 0 Å². The van der Waals surface area contributed by atoms with Crippen molar-refractivity contribution in [3.8, 4) is 0 Å². The van der Waals surface area contributed by atoms with E-state index in [-0.39, 0.29) is 17.9 Å². The van der Waals surface area contributed by atoms with Gasteiger partial charge in [-0.15, -0.1) is 0 Å². The lowest BCUT2D eigenvalue weighted by molar-refractivity contribution is 0.0693. The van der Waals surface area contributed by atoms with Gasteiger partial charge in [-0.05, 0) is 37.3 Å². The number of nitrogens with zero attached hydrogens (tertiary/aromatic N) is 1. The molecule has 1 aliphatic heterocycles. The highest BCUT2D eigenvalue weighted by molar-refractivity contribution is 6.21. The quantitative estimate of drug-likeness (QED) is 0.876. The molecule has 0 spiro atoms. The number of furan rings is 1. The van der Waals surface area contributed by atoms with Gasteiger partial charge in [0.05, 0.1) is 17.4 Å². The summed E-state index contributed by atoms with van der Waals surface area (Å²) < 4.78 is 5.32. The summed E-state index contributed by atoms with van der Waals surface area (Å²) in [5, 5.41) is 3.32. The van der Waals surface area contributed by atoms with Gasteiger partial charge in [-0.25, -0.2) is 0 Å². The molecule has 0 bridgehead atoms. The zero-order valence-electron chi connectivity index (χ0n) is 11.9. The summed E-state index contributed by atoms with van der Waals surface area (Å²) in [6.45, 7) is 2.04. The van der Waals surface area contributed by atoms with Gasteiger partial charge in [-0.1, -0.05) is 0 Å². The fraction of sp³-hybridized carbons (Fsp3) is 0.250. The van der Waals surface area contributed by atoms with E-state index < -0.39 is 0 Å². The number of amides is 2. The van der Waals surface area contributed by atoms with Crippen LogP contribution in [0.15, 0.2) is 41.0 Å². The van der Waals surface area contributed by atoms with Crippen molar-refractivity contribution in [1.82, 2.24) is 4.90 Å². The molecule has 0 fully saturated rings. The van der Waals surface area contributed by atoms with Gasteiger partial charge in [-0.3, -0.25) is 14.5 Å². The van der Waals surface area contributed by atoms with Crippen molar-refractivity contribution in [1.29, 1.82) is 0 Å². The number of carbonyl (C=O) groups is 2. The minimum Gasteiger partial charge on any atom is -0.469 e. The lowest BCUT2D eigenvalue weighted by atomic mass is 10.1. The molecule has 0 saturated carbocycles. The highest BCUT2D eigenvalue weighted by Crippen LogP contribution is 2.25. The lowest BCUT2D eigenvalue weighted by Crippen LogP contribution is -2.24. The van der Waals surface area contributed by atoms with Crippen molar-refractivity contribution in [3.05, 3.63) is 53.5 Å². The molecule has 1 atom stereocenters. The number of hydrogen-bond acceptors (Lipinski definition) is 4. The summed E-state index contributed by atoms with van der Waals surface area (Å²) in [6, 6.07) is 9.19. The van der Waals surface area contributed by atoms with Gasteiger partial charge in [0, 0.05) is 25.2 Å². The Bertz CT molecular complexity index is 692. The number of anilines is 1. The number of rotatable bonds is 4. The molecule has 2 heterocycles. The topological polar surface area (TPSA) is 62.6 Å². The molecule has 0 saturated heterocycles.